The predicted octanol–water partition coefficient (Wildman–Crippen LogP) is 2.66. The van der Waals surface area contributed by atoms with Crippen LogP contribution in [0, 0.1) is 10.1 Å². The molecule has 0 aliphatic heterocycles. The summed E-state index contributed by atoms with van der Waals surface area (Å²) in [5, 5.41) is 13.4. The number of nitrogens with one attached hydrogen (secondary N) is 1. The third kappa shape index (κ3) is 4.43. The van der Waals surface area contributed by atoms with Gasteiger partial charge in [0, 0.05) is 12.1 Å². The number of nitro benzene ring substituents is 1. The van der Waals surface area contributed by atoms with Crippen LogP contribution in [0.25, 0.3) is 0 Å². The van der Waals surface area contributed by atoms with E-state index >= 15 is 0 Å². The fourth-order valence-electron chi connectivity index (χ4n) is 1.46. The van der Waals surface area contributed by atoms with E-state index in [1.807, 2.05) is 0 Å². The van der Waals surface area contributed by atoms with E-state index in [-0.39, 0.29) is 18.2 Å². The molecule has 2 rings (SSSR count). The van der Waals surface area contributed by atoms with Crippen molar-refractivity contribution in [3.8, 4) is 5.75 Å². The first-order chi connectivity index (χ1) is 10.0. The number of carbonyl (C=O) groups is 1. The monoisotopic (exact) mass is 307 g/mol. The molecule has 2 aromatic rings. The molecule has 1 aromatic carbocycles. The Balaban J connectivity index is 1.86. The van der Waals surface area contributed by atoms with Gasteiger partial charge in [0.25, 0.3) is 11.6 Å². The zero-order valence-corrected chi connectivity index (χ0v) is 11.4. The largest absolute Gasteiger partial charge is 0.484 e. The average Bonchev–Trinajstić information content (AvgIpc) is 2.48. The number of pyridine rings is 1. The molecule has 0 aliphatic carbocycles. The zero-order chi connectivity index (χ0) is 15.2. The minimum atomic E-state index is -0.510. The molecule has 0 fully saturated rings. The van der Waals surface area contributed by atoms with Gasteiger partial charge < -0.3 is 10.1 Å². The Labute approximate surface area is 124 Å². The minimum absolute atomic E-state index is 0.0426. The molecule has 108 valence electrons. The van der Waals surface area contributed by atoms with E-state index in [0.29, 0.717) is 16.6 Å². The summed E-state index contributed by atoms with van der Waals surface area (Å²) >= 11 is 5.63. The fourth-order valence-corrected chi connectivity index (χ4v) is 1.57. The van der Waals surface area contributed by atoms with Gasteiger partial charge in [0.1, 0.15) is 10.9 Å². The van der Waals surface area contributed by atoms with Crippen LogP contribution < -0.4 is 10.1 Å². The van der Waals surface area contributed by atoms with Gasteiger partial charge in [-0.2, -0.15) is 0 Å². The molecule has 21 heavy (non-hydrogen) atoms. The van der Waals surface area contributed by atoms with Crippen molar-refractivity contribution >= 4 is 28.9 Å². The van der Waals surface area contributed by atoms with E-state index < -0.39 is 4.92 Å². The highest BCUT2D eigenvalue weighted by Crippen LogP contribution is 2.17. The molecular formula is C13H10ClN3O4. The van der Waals surface area contributed by atoms with Gasteiger partial charge in [0.2, 0.25) is 0 Å². The van der Waals surface area contributed by atoms with Crippen LogP contribution in [0.3, 0.4) is 0 Å². The lowest BCUT2D eigenvalue weighted by Crippen LogP contribution is -2.20. The number of nitro groups is 1. The smallest absolute Gasteiger partial charge is 0.269 e. The Morgan fingerprint density at radius 3 is 2.57 bits per heavy atom. The van der Waals surface area contributed by atoms with Crippen LogP contribution in [0.2, 0.25) is 5.15 Å². The van der Waals surface area contributed by atoms with Crippen LogP contribution in [-0.2, 0) is 4.79 Å². The molecule has 0 saturated carbocycles. The maximum absolute atomic E-state index is 11.6. The highest BCUT2D eigenvalue weighted by atomic mass is 35.5. The first-order valence-corrected chi connectivity index (χ1v) is 6.21. The van der Waals surface area contributed by atoms with E-state index in [1.165, 1.54) is 30.5 Å². The molecular weight excluding hydrogens is 298 g/mol. The number of benzene rings is 1. The highest BCUT2D eigenvalue weighted by Gasteiger charge is 2.07. The first kappa shape index (κ1) is 14.7. The van der Waals surface area contributed by atoms with Gasteiger partial charge in [0.15, 0.2) is 6.61 Å². The first-order valence-electron chi connectivity index (χ1n) is 5.83. The van der Waals surface area contributed by atoms with Crippen molar-refractivity contribution in [1.29, 1.82) is 0 Å². The molecule has 0 bridgehead atoms. The van der Waals surface area contributed by atoms with E-state index in [0.717, 1.165) is 0 Å². The molecule has 8 heteroatoms. The zero-order valence-electron chi connectivity index (χ0n) is 10.7. The summed E-state index contributed by atoms with van der Waals surface area (Å²) in [6.45, 7) is -0.222. The number of hydrogen-bond acceptors (Lipinski definition) is 5. The van der Waals surface area contributed by atoms with Gasteiger partial charge in [-0.05, 0) is 24.3 Å². The summed E-state index contributed by atoms with van der Waals surface area (Å²) in [5.41, 5.74) is 0.454. The molecule has 0 aliphatic rings. The second-order valence-corrected chi connectivity index (χ2v) is 4.34. The Bertz CT molecular complexity index is 643. The van der Waals surface area contributed by atoms with Crippen molar-refractivity contribution in [1.82, 2.24) is 4.98 Å². The van der Waals surface area contributed by atoms with Crippen LogP contribution >= 0.6 is 11.6 Å². The summed E-state index contributed by atoms with van der Waals surface area (Å²) < 4.78 is 5.22. The van der Waals surface area contributed by atoms with Crippen LogP contribution in [-0.4, -0.2) is 22.4 Å². The lowest BCUT2D eigenvalue weighted by molar-refractivity contribution is -0.384. The van der Waals surface area contributed by atoms with Crippen molar-refractivity contribution in [3.63, 3.8) is 0 Å². The molecule has 0 atom stereocenters. The summed E-state index contributed by atoms with van der Waals surface area (Å²) in [6, 6.07) is 8.62. The normalized spacial score (nSPS) is 9.95. The molecule has 1 amide bonds. The average molecular weight is 308 g/mol. The van der Waals surface area contributed by atoms with E-state index in [4.69, 9.17) is 16.3 Å². The molecule has 1 aromatic heterocycles. The number of hydrogen-bond donors (Lipinski definition) is 1. The number of halogens is 1. The minimum Gasteiger partial charge on any atom is -0.484 e. The van der Waals surface area contributed by atoms with Crippen molar-refractivity contribution in [3.05, 3.63) is 57.9 Å². The van der Waals surface area contributed by atoms with Crippen LogP contribution in [0.5, 0.6) is 5.75 Å². The Morgan fingerprint density at radius 2 is 2.00 bits per heavy atom. The van der Waals surface area contributed by atoms with Crippen molar-refractivity contribution in [2.24, 2.45) is 0 Å². The standard InChI is InChI=1S/C13H10ClN3O4/c14-12-6-1-9(7-15-12)16-13(18)8-21-11-4-2-10(3-5-11)17(19)20/h1-7H,8H2,(H,16,18). The number of non-ortho nitro benzene ring substituents is 1. The lowest BCUT2D eigenvalue weighted by Gasteiger charge is -2.07. The molecule has 1 N–H and O–H groups in total. The van der Waals surface area contributed by atoms with Gasteiger partial charge in [0.05, 0.1) is 16.8 Å². The van der Waals surface area contributed by atoms with Crippen molar-refractivity contribution < 1.29 is 14.5 Å². The van der Waals surface area contributed by atoms with E-state index in [2.05, 4.69) is 10.3 Å². The molecule has 0 radical (unpaired) electrons. The third-order valence-electron chi connectivity index (χ3n) is 2.43. The van der Waals surface area contributed by atoms with Crippen molar-refractivity contribution in [2.75, 3.05) is 11.9 Å². The number of nitrogens with zero attached hydrogens (tertiary/aromatic N) is 2. The maximum Gasteiger partial charge on any atom is 0.269 e. The van der Waals surface area contributed by atoms with Gasteiger partial charge in [-0.15, -0.1) is 0 Å². The van der Waals surface area contributed by atoms with E-state index in [9.17, 15) is 14.9 Å². The number of amides is 1. The summed E-state index contributed by atoms with van der Waals surface area (Å²) in [4.78, 5) is 25.4. The SMILES string of the molecule is O=C(COc1ccc([N+](=O)[O-])cc1)Nc1ccc(Cl)nc1. The Hall–Kier alpha value is -2.67. The second kappa shape index (κ2) is 6.67. The number of anilines is 1. The number of ether oxygens (including phenoxy) is 1. The number of aromatic nitrogens is 1. The highest BCUT2D eigenvalue weighted by molar-refractivity contribution is 6.29. The van der Waals surface area contributed by atoms with Crippen LogP contribution in [0.4, 0.5) is 11.4 Å². The van der Waals surface area contributed by atoms with Crippen LogP contribution in [0.1, 0.15) is 0 Å². The van der Waals surface area contributed by atoms with Gasteiger partial charge >= 0.3 is 0 Å². The fraction of sp³-hybridized carbons (Fsp3) is 0.0769. The molecule has 0 saturated heterocycles. The predicted molar refractivity (Wildman–Crippen MR) is 76.5 cm³/mol. The summed E-state index contributed by atoms with van der Waals surface area (Å²) in [5.74, 6) is -0.0116. The van der Waals surface area contributed by atoms with E-state index in [1.54, 1.807) is 12.1 Å². The topological polar surface area (TPSA) is 94.4 Å². The molecule has 1 heterocycles. The Kier molecular flexibility index (Phi) is 4.68. The van der Waals surface area contributed by atoms with Gasteiger partial charge in [-0.3, -0.25) is 14.9 Å². The summed E-state index contributed by atoms with van der Waals surface area (Å²) in [6.07, 6.45) is 1.42. The van der Waals surface area contributed by atoms with Gasteiger partial charge in [-0.25, -0.2) is 4.98 Å². The molecule has 0 spiro atoms. The third-order valence-corrected chi connectivity index (χ3v) is 2.65. The quantitative estimate of drug-likeness (QED) is 0.520. The number of carbonyl (C=O) groups excluding carboxylic acids is 1. The summed E-state index contributed by atoms with van der Waals surface area (Å²) in [7, 11) is 0. The maximum atomic E-state index is 11.6. The number of rotatable bonds is 5. The van der Waals surface area contributed by atoms with Crippen molar-refractivity contribution in [2.45, 2.75) is 0 Å². The van der Waals surface area contributed by atoms with Crippen LogP contribution in [0.15, 0.2) is 42.6 Å². The Morgan fingerprint density at radius 1 is 1.29 bits per heavy atom. The molecule has 0 unspecified atom stereocenters. The van der Waals surface area contributed by atoms with Gasteiger partial charge in [-0.1, -0.05) is 11.6 Å². The second-order valence-electron chi connectivity index (χ2n) is 3.96. The molecule has 7 nitrogen and oxygen atoms in total. The lowest BCUT2D eigenvalue weighted by atomic mass is 10.3.